The van der Waals surface area contributed by atoms with Crippen molar-refractivity contribution in [3.63, 3.8) is 0 Å². The van der Waals surface area contributed by atoms with E-state index in [-0.39, 0.29) is 6.54 Å². The Bertz CT molecular complexity index is 605. The van der Waals surface area contributed by atoms with Gasteiger partial charge in [0.2, 0.25) is 0 Å². The summed E-state index contributed by atoms with van der Waals surface area (Å²) in [7, 11) is 0. The topological polar surface area (TPSA) is 81.4 Å². The molecule has 0 aliphatic carbocycles. The Morgan fingerprint density at radius 1 is 1.53 bits per heavy atom. The molecule has 2 rings (SSSR count). The lowest BCUT2D eigenvalue weighted by atomic mass is 10.2. The number of carbonyl (C=O) groups excluding carboxylic acids is 1. The van der Waals surface area contributed by atoms with E-state index >= 15 is 0 Å². The number of carbonyl (C=O) groups is 1. The van der Waals surface area contributed by atoms with Crippen LogP contribution in [-0.2, 0) is 11.3 Å². The summed E-state index contributed by atoms with van der Waals surface area (Å²) in [5.74, 6) is 0.945. The van der Waals surface area contributed by atoms with Crippen LogP contribution in [0.3, 0.4) is 0 Å². The first-order valence-corrected chi connectivity index (χ1v) is 6.46. The maximum atomic E-state index is 11.5. The van der Waals surface area contributed by atoms with Crippen molar-refractivity contribution in [2.45, 2.75) is 32.9 Å². The first-order chi connectivity index (χ1) is 8.83. The largest absolute Gasteiger partial charge is 0.444 e. The molecule has 0 saturated carbocycles. The maximum absolute atomic E-state index is 11.5. The quantitative estimate of drug-likeness (QED) is 0.911. The van der Waals surface area contributed by atoms with E-state index in [1.54, 1.807) is 33.2 Å². The van der Waals surface area contributed by atoms with Gasteiger partial charge in [0.1, 0.15) is 5.60 Å². The molecule has 0 unspecified atom stereocenters. The molecule has 2 aromatic rings. The number of hydrogen-bond donors (Lipinski definition) is 1. The van der Waals surface area contributed by atoms with E-state index in [1.165, 1.54) is 4.52 Å². The van der Waals surface area contributed by atoms with Gasteiger partial charge in [-0.2, -0.15) is 4.98 Å². The molecule has 0 aliphatic rings. The van der Waals surface area contributed by atoms with E-state index in [4.69, 9.17) is 4.74 Å². The number of alkyl carbamates (subject to hydrolysis) is 1. The van der Waals surface area contributed by atoms with Gasteiger partial charge < -0.3 is 10.1 Å². The Morgan fingerprint density at radius 2 is 2.26 bits per heavy atom. The van der Waals surface area contributed by atoms with Gasteiger partial charge in [-0.3, -0.25) is 0 Å². The maximum Gasteiger partial charge on any atom is 0.408 e. The molecule has 1 N–H and O–H groups in total. The zero-order chi connectivity index (χ0) is 14.0. The fraction of sp³-hybridized carbons (Fsp3) is 0.455. The molecular formula is C11H14BrN5O2. The number of amides is 1. The van der Waals surface area contributed by atoms with Crippen molar-refractivity contribution in [2.75, 3.05) is 0 Å². The van der Waals surface area contributed by atoms with E-state index in [2.05, 4.69) is 36.3 Å². The predicted molar refractivity (Wildman–Crippen MR) is 71.6 cm³/mol. The molecule has 0 spiro atoms. The number of aromatic nitrogens is 4. The minimum atomic E-state index is -0.525. The molecule has 7 nitrogen and oxygen atoms in total. The van der Waals surface area contributed by atoms with Gasteiger partial charge in [0, 0.05) is 12.4 Å². The number of ether oxygens (including phenoxy) is 1. The standard InChI is InChI=1S/C11H14BrN5O2/c1-11(2,3)19-10(18)14-5-8-15-9-13-4-7(12)6-17(9)16-8/h4,6H,5H2,1-3H3,(H,14,18). The SMILES string of the molecule is CC(C)(C)OC(=O)NCc1nc2ncc(Br)cn2n1. The number of hydrogen-bond acceptors (Lipinski definition) is 5. The van der Waals surface area contributed by atoms with Gasteiger partial charge in [0.25, 0.3) is 5.78 Å². The molecule has 2 heterocycles. The lowest BCUT2D eigenvalue weighted by Crippen LogP contribution is -2.32. The van der Waals surface area contributed by atoms with Crippen LogP contribution in [-0.4, -0.2) is 31.3 Å². The van der Waals surface area contributed by atoms with Crippen molar-refractivity contribution in [3.8, 4) is 0 Å². The zero-order valence-corrected chi connectivity index (χ0v) is 12.4. The average Bonchev–Trinajstić information content (AvgIpc) is 2.66. The average molecular weight is 328 g/mol. The second kappa shape index (κ2) is 5.12. The zero-order valence-electron chi connectivity index (χ0n) is 10.8. The van der Waals surface area contributed by atoms with Crippen molar-refractivity contribution >= 4 is 27.8 Å². The normalized spacial score (nSPS) is 11.6. The van der Waals surface area contributed by atoms with Crippen molar-refractivity contribution in [1.29, 1.82) is 0 Å². The number of rotatable bonds is 2. The van der Waals surface area contributed by atoms with E-state index in [0.29, 0.717) is 11.6 Å². The summed E-state index contributed by atoms with van der Waals surface area (Å²) in [6.07, 6.45) is 2.88. The van der Waals surface area contributed by atoms with E-state index in [0.717, 1.165) is 4.47 Å². The van der Waals surface area contributed by atoms with E-state index in [9.17, 15) is 4.79 Å². The van der Waals surface area contributed by atoms with Gasteiger partial charge >= 0.3 is 6.09 Å². The lowest BCUT2D eigenvalue weighted by molar-refractivity contribution is 0.0522. The first-order valence-electron chi connectivity index (χ1n) is 5.67. The first kappa shape index (κ1) is 13.7. The monoisotopic (exact) mass is 327 g/mol. The Labute approximate surface area is 118 Å². The second-order valence-corrected chi connectivity index (χ2v) is 5.82. The fourth-order valence-electron chi connectivity index (χ4n) is 1.34. The van der Waals surface area contributed by atoms with Crippen LogP contribution in [0.25, 0.3) is 5.78 Å². The molecule has 0 radical (unpaired) electrons. The van der Waals surface area contributed by atoms with E-state index < -0.39 is 11.7 Å². The summed E-state index contributed by atoms with van der Waals surface area (Å²) in [5.41, 5.74) is -0.525. The third-order valence-electron chi connectivity index (χ3n) is 2.00. The molecule has 2 aromatic heterocycles. The molecule has 0 bridgehead atoms. The molecule has 0 saturated heterocycles. The summed E-state index contributed by atoms with van der Waals surface area (Å²) in [5, 5.41) is 6.78. The minimum Gasteiger partial charge on any atom is -0.444 e. The van der Waals surface area contributed by atoms with Crippen LogP contribution in [0.5, 0.6) is 0 Å². The summed E-state index contributed by atoms with van der Waals surface area (Å²) in [6, 6.07) is 0. The predicted octanol–water partition coefficient (Wildman–Crippen LogP) is 1.91. The van der Waals surface area contributed by atoms with Crippen LogP contribution in [0.2, 0.25) is 0 Å². The van der Waals surface area contributed by atoms with Gasteiger partial charge in [-0.1, -0.05) is 0 Å². The van der Waals surface area contributed by atoms with Crippen LogP contribution in [0, 0.1) is 0 Å². The number of halogens is 1. The fourth-order valence-corrected chi connectivity index (χ4v) is 1.64. The Balaban J connectivity index is 2.00. The lowest BCUT2D eigenvalue weighted by Gasteiger charge is -2.19. The van der Waals surface area contributed by atoms with Crippen molar-refractivity contribution in [3.05, 3.63) is 22.7 Å². The molecular weight excluding hydrogens is 314 g/mol. The van der Waals surface area contributed by atoms with Crippen LogP contribution >= 0.6 is 15.9 Å². The molecule has 8 heteroatoms. The third kappa shape index (κ3) is 3.88. The molecule has 1 amide bonds. The molecule has 0 fully saturated rings. The van der Waals surface area contributed by atoms with Crippen LogP contribution in [0.1, 0.15) is 26.6 Å². The van der Waals surface area contributed by atoms with Crippen molar-refractivity contribution in [2.24, 2.45) is 0 Å². The number of nitrogens with one attached hydrogen (secondary N) is 1. The minimum absolute atomic E-state index is 0.190. The smallest absolute Gasteiger partial charge is 0.408 e. The van der Waals surface area contributed by atoms with Gasteiger partial charge in [0.15, 0.2) is 5.82 Å². The Morgan fingerprint density at radius 3 is 2.95 bits per heavy atom. The number of nitrogens with zero attached hydrogens (tertiary/aromatic N) is 4. The van der Waals surface area contributed by atoms with Gasteiger partial charge in [-0.15, -0.1) is 5.10 Å². The Kier molecular flexibility index (Phi) is 3.70. The summed E-state index contributed by atoms with van der Waals surface area (Å²) in [6.45, 7) is 5.60. The molecule has 0 aromatic carbocycles. The molecule has 19 heavy (non-hydrogen) atoms. The molecule has 0 atom stereocenters. The highest BCUT2D eigenvalue weighted by molar-refractivity contribution is 9.10. The highest BCUT2D eigenvalue weighted by Crippen LogP contribution is 2.08. The molecule has 0 aliphatic heterocycles. The highest BCUT2D eigenvalue weighted by Gasteiger charge is 2.16. The Hall–Kier alpha value is -1.70. The van der Waals surface area contributed by atoms with Gasteiger partial charge in [-0.25, -0.2) is 14.3 Å². The summed E-state index contributed by atoms with van der Waals surface area (Å²) in [4.78, 5) is 19.7. The summed E-state index contributed by atoms with van der Waals surface area (Å²) >= 11 is 3.30. The van der Waals surface area contributed by atoms with Crippen LogP contribution in [0.4, 0.5) is 4.79 Å². The highest BCUT2D eigenvalue weighted by atomic mass is 79.9. The summed E-state index contributed by atoms with van der Waals surface area (Å²) < 4.78 is 7.46. The van der Waals surface area contributed by atoms with E-state index in [1.807, 2.05) is 0 Å². The molecule has 102 valence electrons. The van der Waals surface area contributed by atoms with Gasteiger partial charge in [-0.05, 0) is 36.7 Å². The number of fused-ring (bicyclic) bond motifs is 1. The second-order valence-electron chi connectivity index (χ2n) is 4.90. The van der Waals surface area contributed by atoms with Crippen molar-refractivity contribution in [1.82, 2.24) is 24.9 Å². The van der Waals surface area contributed by atoms with Crippen molar-refractivity contribution < 1.29 is 9.53 Å². The van der Waals surface area contributed by atoms with Crippen LogP contribution < -0.4 is 5.32 Å². The van der Waals surface area contributed by atoms with Gasteiger partial charge in [0.05, 0.1) is 11.0 Å². The third-order valence-corrected chi connectivity index (χ3v) is 2.41. The van der Waals surface area contributed by atoms with Crippen LogP contribution in [0.15, 0.2) is 16.9 Å².